The number of nitrogens with one attached hydrogen (secondary N) is 3. The van der Waals surface area contributed by atoms with Crippen LogP contribution in [0.25, 0.3) is 10.4 Å². The van der Waals surface area contributed by atoms with Crippen molar-refractivity contribution in [2.24, 2.45) is 5.73 Å². The van der Waals surface area contributed by atoms with Crippen LogP contribution in [0.15, 0.2) is 30.3 Å². The highest BCUT2D eigenvalue weighted by atomic mass is 32.1. The van der Waals surface area contributed by atoms with E-state index in [-0.39, 0.29) is 11.9 Å². The third kappa shape index (κ3) is 4.78. The molecule has 2 heterocycles. The zero-order valence-electron chi connectivity index (χ0n) is 15.5. The molecule has 1 fully saturated rings. The Morgan fingerprint density at radius 3 is 2.59 bits per heavy atom. The molecule has 0 saturated carbocycles. The lowest BCUT2D eigenvalue weighted by Gasteiger charge is -2.23. The number of anilines is 2. The highest BCUT2D eigenvalue weighted by Crippen LogP contribution is 2.36. The molecule has 27 heavy (non-hydrogen) atoms. The van der Waals surface area contributed by atoms with Gasteiger partial charge in [0.2, 0.25) is 0 Å². The molecular weight excluding hydrogens is 362 g/mol. The molecule has 8 heteroatoms. The number of carbonyl (C=O) groups excluding carboxylic acids is 2. The summed E-state index contributed by atoms with van der Waals surface area (Å²) in [5.74, 6) is -0.195. The van der Waals surface area contributed by atoms with Crippen LogP contribution in [0.5, 0.6) is 0 Å². The second kappa shape index (κ2) is 8.41. The van der Waals surface area contributed by atoms with Gasteiger partial charge in [-0.1, -0.05) is 12.1 Å². The topological polar surface area (TPSA) is 99.5 Å². The van der Waals surface area contributed by atoms with Crippen LogP contribution in [0.1, 0.15) is 23.2 Å². The van der Waals surface area contributed by atoms with E-state index in [0.29, 0.717) is 10.6 Å². The molecular formula is C19H25N5O2S. The molecule has 1 saturated heterocycles. The van der Waals surface area contributed by atoms with E-state index in [4.69, 9.17) is 5.73 Å². The maximum absolute atomic E-state index is 12.8. The van der Waals surface area contributed by atoms with Crippen molar-refractivity contribution in [3.63, 3.8) is 0 Å². The summed E-state index contributed by atoms with van der Waals surface area (Å²) in [5, 5.41) is 9.37. The van der Waals surface area contributed by atoms with Gasteiger partial charge in [0, 0.05) is 37.2 Å². The predicted molar refractivity (Wildman–Crippen MR) is 111 cm³/mol. The first-order valence-corrected chi connectivity index (χ1v) is 9.75. The number of carbonyl (C=O) groups is 2. The fourth-order valence-electron chi connectivity index (χ4n) is 3.07. The Bertz CT molecular complexity index is 810. The first-order chi connectivity index (χ1) is 12.9. The second-order valence-corrected chi connectivity index (χ2v) is 7.85. The average molecular weight is 388 g/mol. The highest BCUT2D eigenvalue weighted by molar-refractivity contribution is 7.20. The van der Waals surface area contributed by atoms with Gasteiger partial charge in [0.15, 0.2) is 0 Å². The first-order valence-electron chi connectivity index (χ1n) is 8.93. The van der Waals surface area contributed by atoms with Crippen LogP contribution in [0.2, 0.25) is 0 Å². The van der Waals surface area contributed by atoms with Crippen LogP contribution in [-0.4, -0.2) is 45.2 Å². The minimum Gasteiger partial charge on any atom is -0.378 e. The maximum Gasteiger partial charge on any atom is 0.317 e. The fourth-order valence-corrected chi connectivity index (χ4v) is 4.13. The van der Waals surface area contributed by atoms with E-state index in [1.54, 1.807) is 0 Å². The zero-order chi connectivity index (χ0) is 19.4. The number of nitrogens with zero attached hydrogens (tertiary/aromatic N) is 1. The second-order valence-electron chi connectivity index (χ2n) is 6.80. The summed E-state index contributed by atoms with van der Waals surface area (Å²) in [6.07, 6.45) is 1.98. The van der Waals surface area contributed by atoms with E-state index < -0.39 is 6.03 Å². The molecule has 2 aromatic rings. The molecule has 7 nitrogen and oxygen atoms in total. The Labute approximate surface area is 162 Å². The standard InChI is InChI=1S/C19H25N5O2S/c1-24(2)14-7-5-12(6-8-14)16-10-15(18(27-16)23-19(20)26)17(25)22-13-4-3-9-21-11-13/h5-8,10,13,21H,3-4,9,11H2,1-2H3,(H,22,25)(H3,20,23,26). The number of rotatable bonds is 5. The zero-order valence-corrected chi connectivity index (χ0v) is 16.4. The number of benzene rings is 1. The molecule has 1 aliphatic rings. The summed E-state index contributed by atoms with van der Waals surface area (Å²) in [6, 6.07) is 9.26. The van der Waals surface area contributed by atoms with Crippen LogP contribution >= 0.6 is 11.3 Å². The van der Waals surface area contributed by atoms with Crippen molar-refractivity contribution in [1.29, 1.82) is 0 Å². The fraction of sp³-hybridized carbons (Fsp3) is 0.368. The lowest BCUT2D eigenvalue weighted by molar-refractivity contribution is 0.0932. The van der Waals surface area contributed by atoms with E-state index >= 15 is 0 Å². The lowest BCUT2D eigenvalue weighted by Crippen LogP contribution is -2.45. The summed E-state index contributed by atoms with van der Waals surface area (Å²) in [4.78, 5) is 27.1. The number of nitrogens with two attached hydrogens (primary N) is 1. The van der Waals surface area contributed by atoms with Gasteiger partial charge in [0.1, 0.15) is 5.00 Å². The van der Waals surface area contributed by atoms with Gasteiger partial charge in [0.05, 0.1) is 5.56 Å². The Balaban J connectivity index is 1.85. The minimum atomic E-state index is -0.681. The molecule has 5 N–H and O–H groups in total. The van der Waals surface area contributed by atoms with Crippen LogP contribution in [0.3, 0.4) is 0 Å². The summed E-state index contributed by atoms with van der Waals surface area (Å²) in [7, 11) is 3.97. The number of thiophene rings is 1. The van der Waals surface area contributed by atoms with Crippen molar-refractivity contribution in [3.8, 4) is 10.4 Å². The van der Waals surface area contributed by atoms with Gasteiger partial charge in [-0.2, -0.15) is 0 Å². The predicted octanol–water partition coefficient (Wildman–Crippen LogP) is 2.45. The Hall–Kier alpha value is -2.58. The molecule has 1 aliphatic heterocycles. The number of urea groups is 1. The molecule has 1 aromatic carbocycles. The number of primary amides is 1. The third-order valence-corrected chi connectivity index (χ3v) is 5.61. The number of amides is 3. The van der Waals surface area contributed by atoms with E-state index in [9.17, 15) is 9.59 Å². The van der Waals surface area contributed by atoms with Gasteiger partial charge in [-0.15, -0.1) is 11.3 Å². The van der Waals surface area contributed by atoms with E-state index in [1.807, 2.05) is 49.3 Å². The summed E-state index contributed by atoms with van der Waals surface area (Å²) in [6.45, 7) is 1.74. The van der Waals surface area contributed by atoms with Crippen molar-refractivity contribution in [3.05, 3.63) is 35.9 Å². The summed E-state index contributed by atoms with van der Waals surface area (Å²) >= 11 is 1.34. The minimum absolute atomic E-state index is 0.0930. The first kappa shape index (κ1) is 19.2. The molecule has 1 unspecified atom stereocenters. The van der Waals surface area contributed by atoms with E-state index in [0.717, 1.165) is 42.1 Å². The molecule has 1 aromatic heterocycles. The number of hydrogen-bond acceptors (Lipinski definition) is 5. The van der Waals surface area contributed by atoms with Gasteiger partial charge in [-0.25, -0.2) is 4.79 Å². The molecule has 0 aliphatic carbocycles. The number of hydrogen-bond donors (Lipinski definition) is 4. The largest absolute Gasteiger partial charge is 0.378 e. The van der Waals surface area contributed by atoms with Gasteiger partial charge >= 0.3 is 6.03 Å². The third-order valence-electron chi connectivity index (χ3n) is 4.51. The van der Waals surface area contributed by atoms with Crippen LogP contribution in [0, 0.1) is 0 Å². The quantitative estimate of drug-likeness (QED) is 0.633. The average Bonchev–Trinajstić information content (AvgIpc) is 3.06. The smallest absolute Gasteiger partial charge is 0.317 e. The SMILES string of the molecule is CN(C)c1ccc(-c2cc(C(=O)NC3CCCNC3)c(NC(N)=O)s2)cc1. The molecule has 1 atom stereocenters. The van der Waals surface area contributed by atoms with Crippen molar-refractivity contribution in [2.45, 2.75) is 18.9 Å². The Morgan fingerprint density at radius 1 is 1.26 bits per heavy atom. The van der Waals surface area contributed by atoms with Gasteiger partial charge in [-0.05, 0) is 43.1 Å². The van der Waals surface area contributed by atoms with Crippen LogP contribution in [0.4, 0.5) is 15.5 Å². The molecule has 144 valence electrons. The lowest BCUT2D eigenvalue weighted by atomic mass is 10.1. The monoisotopic (exact) mass is 387 g/mol. The van der Waals surface area contributed by atoms with Crippen LogP contribution in [-0.2, 0) is 0 Å². The van der Waals surface area contributed by atoms with E-state index in [1.165, 1.54) is 11.3 Å². The molecule has 0 spiro atoms. The van der Waals surface area contributed by atoms with Gasteiger partial charge in [0.25, 0.3) is 5.91 Å². The summed E-state index contributed by atoms with van der Waals surface area (Å²) in [5.41, 5.74) is 7.80. The van der Waals surface area contributed by atoms with E-state index in [2.05, 4.69) is 16.0 Å². The summed E-state index contributed by atoms with van der Waals surface area (Å²) < 4.78 is 0. The van der Waals surface area contributed by atoms with Gasteiger partial charge in [-0.3, -0.25) is 10.1 Å². The normalized spacial score (nSPS) is 16.6. The number of piperidine rings is 1. The molecule has 3 rings (SSSR count). The highest BCUT2D eigenvalue weighted by Gasteiger charge is 2.22. The Morgan fingerprint density at radius 2 is 2.00 bits per heavy atom. The van der Waals surface area contributed by atoms with Crippen molar-refractivity contribution in [2.75, 3.05) is 37.4 Å². The van der Waals surface area contributed by atoms with Crippen LogP contribution < -0.4 is 26.6 Å². The van der Waals surface area contributed by atoms with Crippen molar-refractivity contribution in [1.82, 2.24) is 10.6 Å². The molecule has 0 bridgehead atoms. The van der Waals surface area contributed by atoms with Crippen molar-refractivity contribution < 1.29 is 9.59 Å². The van der Waals surface area contributed by atoms with Gasteiger partial charge < -0.3 is 21.3 Å². The van der Waals surface area contributed by atoms with Crippen molar-refractivity contribution >= 4 is 34.0 Å². The molecule has 0 radical (unpaired) electrons. The maximum atomic E-state index is 12.8. The molecule has 3 amide bonds. The Kier molecular flexibility index (Phi) is 5.98.